The van der Waals surface area contributed by atoms with Gasteiger partial charge >= 0.3 is 6.09 Å². The van der Waals surface area contributed by atoms with E-state index in [0.29, 0.717) is 31.2 Å². The Morgan fingerprint density at radius 3 is 2.56 bits per heavy atom. The molecule has 1 amide bonds. The topological polar surface area (TPSA) is 60.0 Å². The zero-order chi connectivity index (χ0) is 18.5. The summed E-state index contributed by atoms with van der Waals surface area (Å²) >= 11 is 0. The SMILES string of the molecule is CCCCOCC(CN(CC)CC)OC(=O)Nc1ccccc1OC. The molecule has 0 aliphatic carbocycles. The molecule has 6 heteroatoms. The lowest BCUT2D eigenvalue weighted by Gasteiger charge is -2.25. The number of carbonyl (C=O) groups is 1. The molecule has 0 fully saturated rings. The van der Waals surface area contributed by atoms with Gasteiger partial charge in [-0.3, -0.25) is 5.32 Å². The summed E-state index contributed by atoms with van der Waals surface area (Å²) in [5.74, 6) is 0.596. The molecule has 0 aliphatic heterocycles. The minimum atomic E-state index is -0.499. The van der Waals surface area contributed by atoms with Crippen molar-refractivity contribution in [2.45, 2.75) is 39.7 Å². The molecular formula is C19H32N2O4. The molecule has 1 atom stereocenters. The van der Waals surface area contributed by atoms with Crippen molar-refractivity contribution < 1.29 is 19.0 Å². The highest BCUT2D eigenvalue weighted by atomic mass is 16.6. The molecule has 0 bridgehead atoms. The number of anilines is 1. The first-order valence-corrected chi connectivity index (χ1v) is 9.05. The molecule has 0 heterocycles. The first-order valence-electron chi connectivity index (χ1n) is 9.05. The summed E-state index contributed by atoms with van der Waals surface area (Å²) in [6, 6.07) is 7.24. The number of benzene rings is 1. The number of carbonyl (C=O) groups excluding carboxylic acids is 1. The maximum absolute atomic E-state index is 12.3. The van der Waals surface area contributed by atoms with Crippen LogP contribution in [-0.4, -0.2) is 57.1 Å². The van der Waals surface area contributed by atoms with Gasteiger partial charge in [0.1, 0.15) is 11.9 Å². The van der Waals surface area contributed by atoms with Gasteiger partial charge < -0.3 is 19.1 Å². The molecule has 1 rings (SSSR count). The summed E-state index contributed by atoms with van der Waals surface area (Å²) in [5.41, 5.74) is 0.587. The van der Waals surface area contributed by atoms with Crippen LogP contribution in [0.4, 0.5) is 10.5 Å². The Bertz CT molecular complexity index is 492. The van der Waals surface area contributed by atoms with E-state index in [1.165, 1.54) is 0 Å². The number of hydrogen-bond donors (Lipinski definition) is 1. The standard InChI is InChI=1S/C19H32N2O4/c1-5-8-13-24-15-16(14-21(6-2)7-3)25-19(22)20-17-11-9-10-12-18(17)23-4/h9-12,16H,5-8,13-15H2,1-4H3,(H,20,22). The molecule has 0 saturated carbocycles. The normalized spacial score (nSPS) is 12.0. The van der Waals surface area contributed by atoms with Crippen molar-refractivity contribution in [3.63, 3.8) is 0 Å². The first kappa shape index (κ1) is 21.3. The molecule has 0 radical (unpaired) electrons. The van der Waals surface area contributed by atoms with Crippen molar-refractivity contribution in [3.8, 4) is 5.75 Å². The number of rotatable bonds is 12. The number of ether oxygens (including phenoxy) is 3. The van der Waals surface area contributed by atoms with Crippen molar-refractivity contribution in [1.82, 2.24) is 4.90 Å². The first-order chi connectivity index (χ1) is 12.1. The lowest BCUT2D eigenvalue weighted by molar-refractivity contribution is 0.00805. The molecule has 1 N–H and O–H groups in total. The van der Waals surface area contributed by atoms with Crippen molar-refractivity contribution in [1.29, 1.82) is 0 Å². The van der Waals surface area contributed by atoms with Crippen LogP contribution in [0.3, 0.4) is 0 Å². The number of methoxy groups -OCH3 is 1. The summed E-state index contributed by atoms with van der Waals surface area (Å²) in [6.07, 6.45) is 1.27. The van der Waals surface area contributed by atoms with E-state index in [1.54, 1.807) is 19.2 Å². The molecule has 0 spiro atoms. The van der Waals surface area contributed by atoms with Gasteiger partial charge in [0.15, 0.2) is 0 Å². The second kappa shape index (κ2) is 12.6. The molecule has 0 aromatic heterocycles. The quantitative estimate of drug-likeness (QED) is 0.580. The van der Waals surface area contributed by atoms with Crippen LogP contribution >= 0.6 is 0 Å². The van der Waals surface area contributed by atoms with Crippen LogP contribution in [0, 0.1) is 0 Å². The van der Waals surface area contributed by atoms with E-state index in [0.717, 1.165) is 25.9 Å². The van der Waals surface area contributed by atoms with Crippen LogP contribution in [0.25, 0.3) is 0 Å². The third kappa shape index (κ3) is 8.23. The average molecular weight is 352 g/mol. The Labute approximate surface area is 151 Å². The van der Waals surface area contributed by atoms with Crippen molar-refractivity contribution >= 4 is 11.8 Å². The summed E-state index contributed by atoms with van der Waals surface area (Å²) < 4.78 is 16.5. The zero-order valence-electron chi connectivity index (χ0n) is 15.9. The smallest absolute Gasteiger partial charge is 0.412 e. The van der Waals surface area contributed by atoms with Gasteiger partial charge in [-0.1, -0.05) is 39.3 Å². The second-order valence-corrected chi connectivity index (χ2v) is 5.77. The van der Waals surface area contributed by atoms with Gasteiger partial charge in [0.2, 0.25) is 0 Å². The van der Waals surface area contributed by atoms with Gasteiger partial charge in [-0.15, -0.1) is 0 Å². The number of para-hydroxylation sites is 2. The van der Waals surface area contributed by atoms with Crippen LogP contribution in [-0.2, 0) is 9.47 Å². The third-order valence-electron chi connectivity index (χ3n) is 3.92. The van der Waals surface area contributed by atoms with Gasteiger partial charge in [0, 0.05) is 13.2 Å². The molecule has 25 heavy (non-hydrogen) atoms. The third-order valence-corrected chi connectivity index (χ3v) is 3.92. The van der Waals surface area contributed by atoms with Gasteiger partial charge in [0.05, 0.1) is 19.4 Å². The Balaban J connectivity index is 2.62. The predicted molar refractivity (Wildman–Crippen MR) is 100 cm³/mol. The number of nitrogens with zero attached hydrogens (tertiary/aromatic N) is 1. The molecule has 0 aliphatic rings. The summed E-state index contributed by atoms with van der Waals surface area (Å²) in [6.45, 7) is 9.84. The number of amides is 1. The van der Waals surface area contributed by atoms with Gasteiger partial charge in [0.25, 0.3) is 0 Å². The highest BCUT2D eigenvalue weighted by Crippen LogP contribution is 2.23. The molecule has 142 valence electrons. The van der Waals surface area contributed by atoms with E-state index in [4.69, 9.17) is 14.2 Å². The maximum atomic E-state index is 12.3. The highest BCUT2D eigenvalue weighted by molar-refractivity contribution is 5.86. The average Bonchev–Trinajstić information content (AvgIpc) is 2.63. The molecular weight excluding hydrogens is 320 g/mol. The summed E-state index contributed by atoms with van der Waals surface area (Å²) in [5, 5.41) is 2.74. The van der Waals surface area contributed by atoms with Crippen LogP contribution in [0.15, 0.2) is 24.3 Å². The molecule has 1 aromatic rings. The van der Waals surface area contributed by atoms with E-state index in [1.807, 2.05) is 12.1 Å². The van der Waals surface area contributed by atoms with E-state index >= 15 is 0 Å². The van der Waals surface area contributed by atoms with Crippen LogP contribution < -0.4 is 10.1 Å². The van der Waals surface area contributed by atoms with Crippen LogP contribution in [0.5, 0.6) is 5.75 Å². The molecule has 1 unspecified atom stereocenters. The minimum absolute atomic E-state index is 0.313. The Morgan fingerprint density at radius 2 is 1.92 bits per heavy atom. The number of unbranched alkanes of at least 4 members (excludes halogenated alkanes) is 1. The van der Waals surface area contributed by atoms with E-state index < -0.39 is 6.09 Å². The number of nitrogens with one attached hydrogen (secondary N) is 1. The molecule has 1 aromatic carbocycles. The highest BCUT2D eigenvalue weighted by Gasteiger charge is 2.18. The monoisotopic (exact) mass is 352 g/mol. The summed E-state index contributed by atoms with van der Waals surface area (Å²) in [7, 11) is 1.57. The zero-order valence-corrected chi connectivity index (χ0v) is 15.9. The van der Waals surface area contributed by atoms with Crippen LogP contribution in [0.1, 0.15) is 33.6 Å². The lowest BCUT2D eigenvalue weighted by Crippen LogP contribution is -2.38. The fourth-order valence-corrected chi connectivity index (χ4v) is 2.39. The van der Waals surface area contributed by atoms with E-state index in [9.17, 15) is 4.79 Å². The Morgan fingerprint density at radius 1 is 1.20 bits per heavy atom. The van der Waals surface area contributed by atoms with Crippen LogP contribution in [0.2, 0.25) is 0 Å². The minimum Gasteiger partial charge on any atom is -0.495 e. The molecule has 6 nitrogen and oxygen atoms in total. The fourth-order valence-electron chi connectivity index (χ4n) is 2.39. The molecule has 0 saturated heterocycles. The Hall–Kier alpha value is -1.79. The van der Waals surface area contributed by atoms with E-state index in [-0.39, 0.29) is 6.10 Å². The lowest BCUT2D eigenvalue weighted by atomic mass is 10.3. The number of hydrogen-bond acceptors (Lipinski definition) is 5. The van der Waals surface area contributed by atoms with E-state index in [2.05, 4.69) is 31.0 Å². The maximum Gasteiger partial charge on any atom is 0.412 e. The predicted octanol–water partition coefficient (Wildman–Crippen LogP) is 3.77. The largest absolute Gasteiger partial charge is 0.495 e. The summed E-state index contributed by atoms with van der Waals surface area (Å²) in [4.78, 5) is 14.5. The van der Waals surface area contributed by atoms with Gasteiger partial charge in [-0.25, -0.2) is 4.79 Å². The van der Waals surface area contributed by atoms with Crippen molar-refractivity contribution in [2.75, 3.05) is 45.3 Å². The van der Waals surface area contributed by atoms with Crippen molar-refractivity contribution in [3.05, 3.63) is 24.3 Å². The van der Waals surface area contributed by atoms with Gasteiger partial charge in [-0.05, 0) is 31.6 Å². The fraction of sp³-hybridized carbons (Fsp3) is 0.632. The second-order valence-electron chi connectivity index (χ2n) is 5.77. The van der Waals surface area contributed by atoms with Gasteiger partial charge in [-0.2, -0.15) is 0 Å². The Kier molecular flexibility index (Phi) is 10.7. The van der Waals surface area contributed by atoms with Crippen molar-refractivity contribution in [2.24, 2.45) is 0 Å². The number of likely N-dealkylation sites (N-methyl/N-ethyl adjacent to an activating group) is 1.